The first kappa shape index (κ1) is 18.1. The van der Waals surface area contributed by atoms with Crippen LogP contribution in [0.1, 0.15) is 13.8 Å². The third-order valence-corrected chi connectivity index (χ3v) is 4.70. The molecular weight excluding hydrogens is 362 g/mol. The van der Waals surface area contributed by atoms with Gasteiger partial charge in [-0.05, 0) is 38.1 Å². The van der Waals surface area contributed by atoms with E-state index in [2.05, 4.69) is 15.5 Å². The fourth-order valence-corrected chi connectivity index (χ4v) is 3.20. The molecule has 1 N–H and O–H groups in total. The van der Waals surface area contributed by atoms with E-state index in [4.69, 9.17) is 4.42 Å². The molecule has 0 saturated carbocycles. The van der Waals surface area contributed by atoms with Gasteiger partial charge in [0.15, 0.2) is 16.7 Å². The monoisotopic (exact) mass is 378 g/mol. The van der Waals surface area contributed by atoms with Gasteiger partial charge in [-0.2, -0.15) is 0 Å². The van der Waals surface area contributed by atoms with Crippen molar-refractivity contribution in [3.8, 4) is 11.6 Å². The van der Waals surface area contributed by atoms with Crippen molar-refractivity contribution in [2.75, 3.05) is 5.32 Å². The predicted molar refractivity (Wildman–Crippen MR) is 93.7 cm³/mol. The van der Waals surface area contributed by atoms with E-state index >= 15 is 0 Å². The molecule has 0 aliphatic rings. The zero-order valence-electron chi connectivity index (χ0n) is 14.1. The number of amides is 1. The maximum atomic E-state index is 13.7. The maximum absolute atomic E-state index is 13.7. The molecule has 0 spiro atoms. The van der Waals surface area contributed by atoms with Crippen LogP contribution in [0.2, 0.25) is 0 Å². The van der Waals surface area contributed by atoms with Crippen molar-refractivity contribution in [3.63, 3.8) is 0 Å². The Balaban J connectivity index is 1.73. The topological polar surface area (TPSA) is 73.0 Å². The van der Waals surface area contributed by atoms with Crippen LogP contribution >= 0.6 is 11.8 Å². The fraction of sp³-hybridized carbons (Fsp3) is 0.235. The Hall–Kier alpha value is -2.68. The van der Waals surface area contributed by atoms with Crippen molar-refractivity contribution in [2.45, 2.75) is 30.8 Å². The van der Waals surface area contributed by atoms with Gasteiger partial charge in [-0.25, -0.2) is 8.78 Å². The molecule has 6 nitrogen and oxygen atoms in total. The largest absolute Gasteiger partial charge is 0.461 e. The lowest BCUT2D eigenvalue weighted by Crippen LogP contribution is -2.23. The molecule has 0 aliphatic carbocycles. The van der Waals surface area contributed by atoms with Crippen molar-refractivity contribution in [1.29, 1.82) is 0 Å². The van der Waals surface area contributed by atoms with Gasteiger partial charge in [-0.1, -0.05) is 11.8 Å². The fourth-order valence-electron chi connectivity index (χ4n) is 2.29. The zero-order chi connectivity index (χ0) is 18.7. The van der Waals surface area contributed by atoms with Crippen molar-refractivity contribution in [2.24, 2.45) is 0 Å². The van der Waals surface area contributed by atoms with E-state index in [-0.39, 0.29) is 5.69 Å². The van der Waals surface area contributed by atoms with Crippen LogP contribution in [0.3, 0.4) is 0 Å². The molecule has 0 bridgehead atoms. The molecule has 3 rings (SSSR count). The Labute approximate surface area is 152 Å². The Morgan fingerprint density at radius 3 is 2.81 bits per heavy atom. The lowest BCUT2D eigenvalue weighted by molar-refractivity contribution is -0.115. The minimum atomic E-state index is -0.826. The molecular formula is C17H16F2N4O2S. The van der Waals surface area contributed by atoms with Crippen molar-refractivity contribution < 1.29 is 18.0 Å². The summed E-state index contributed by atoms with van der Waals surface area (Å²) in [4.78, 5) is 12.3. The van der Waals surface area contributed by atoms with Crippen LogP contribution < -0.4 is 5.32 Å². The first-order chi connectivity index (χ1) is 12.5. The third kappa shape index (κ3) is 3.77. The van der Waals surface area contributed by atoms with E-state index in [0.717, 1.165) is 12.1 Å². The lowest BCUT2D eigenvalue weighted by Gasteiger charge is -2.13. The number of nitrogens with zero attached hydrogens (tertiary/aromatic N) is 3. The van der Waals surface area contributed by atoms with E-state index < -0.39 is 22.8 Å². The normalized spacial score (nSPS) is 12.2. The van der Waals surface area contributed by atoms with Gasteiger partial charge in [-0.15, -0.1) is 10.2 Å². The van der Waals surface area contributed by atoms with Gasteiger partial charge in [0.05, 0.1) is 17.2 Å². The molecule has 1 amide bonds. The number of furan rings is 1. The Morgan fingerprint density at radius 1 is 1.35 bits per heavy atom. The number of hydrogen-bond acceptors (Lipinski definition) is 5. The second-order valence-electron chi connectivity index (χ2n) is 5.40. The zero-order valence-corrected chi connectivity index (χ0v) is 14.9. The Morgan fingerprint density at radius 2 is 2.15 bits per heavy atom. The van der Waals surface area contributed by atoms with Gasteiger partial charge in [-0.3, -0.25) is 9.36 Å². The number of carbonyl (C=O) groups excluding carboxylic acids is 1. The molecule has 2 aromatic heterocycles. The molecule has 1 unspecified atom stereocenters. The second-order valence-corrected chi connectivity index (χ2v) is 6.71. The summed E-state index contributed by atoms with van der Waals surface area (Å²) in [5.74, 6) is -0.809. The standard InChI is InChI=1S/C17H16F2N4O2S/c1-3-23-15(14-5-4-8-25-14)21-22-17(23)26-10(2)16(24)20-13-7-6-11(18)9-12(13)19/h4-10H,3H2,1-2H3,(H,20,24). The SMILES string of the molecule is CCn1c(SC(C)C(=O)Nc2ccc(F)cc2F)nnc1-c1ccco1. The number of carbonyl (C=O) groups is 1. The first-order valence-electron chi connectivity index (χ1n) is 7.89. The van der Waals surface area contributed by atoms with Crippen molar-refractivity contribution in [1.82, 2.24) is 14.8 Å². The molecule has 1 aromatic carbocycles. The number of benzene rings is 1. The molecule has 0 radical (unpaired) electrons. The van der Waals surface area contributed by atoms with Crippen molar-refractivity contribution in [3.05, 3.63) is 48.2 Å². The maximum Gasteiger partial charge on any atom is 0.237 e. The molecule has 1 atom stereocenters. The van der Waals surface area contributed by atoms with Crippen LogP contribution in [-0.2, 0) is 11.3 Å². The number of thioether (sulfide) groups is 1. The summed E-state index contributed by atoms with van der Waals surface area (Å²) < 4.78 is 33.8. The number of halogens is 2. The van der Waals surface area contributed by atoms with E-state index in [1.165, 1.54) is 17.8 Å². The number of nitrogens with one attached hydrogen (secondary N) is 1. The minimum absolute atomic E-state index is 0.0721. The summed E-state index contributed by atoms with van der Waals surface area (Å²) in [6.45, 7) is 4.19. The quantitative estimate of drug-likeness (QED) is 0.658. The average Bonchev–Trinajstić information content (AvgIpc) is 3.26. The number of hydrogen-bond donors (Lipinski definition) is 1. The summed E-state index contributed by atoms with van der Waals surface area (Å²) in [6, 6.07) is 6.52. The van der Waals surface area contributed by atoms with Gasteiger partial charge in [0.1, 0.15) is 11.6 Å². The number of anilines is 1. The van der Waals surface area contributed by atoms with Gasteiger partial charge in [0, 0.05) is 12.6 Å². The minimum Gasteiger partial charge on any atom is -0.461 e. The third-order valence-electron chi connectivity index (χ3n) is 3.62. The summed E-state index contributed by atoms with van der Waals surface area (Å²) in [7, 11) is 0. The van der Waals surface area contributed by atoms with Gasteiger partial charge in [0.25, 0.3) is 0 Å². The van der Waals surface area contributed by atoms with Gasteiger partial charge >= 0.3 is 0 Å². The molecule has 0 saturated heterocycles. The summed E-state index contributed by atoms with van der Waals surface area (Å²) in [6.07, 6.45) is 1.55. The number of aromatic nitrogens is 3. The highest BCUT2D eigenvalue weighted by Crippen LogP contribution is 2.27. The van der Waals surface area contributed by atoms with Crippen LogP contribution in [0.15, 0.2) is 46.2 Å². The van der Waals surface area contributed by atoms with E-state index in [0.29, 0.717) is 23.3 Å². The highest BCUT2D eigenvalue weighted by atomic mass is 32.2. The summed E-state index contributed by atoms with van der Waals surface area (Å²) in [5.41, 5.74) is -0.0721. The second kappa shape index (κ2) is 7.69. The molecule has 26 heavy (non-hydrogen) atoms. The highest BCUT2D eigenvalue weighted by Gasteiger charge is 2.22. The van der Waals surface area contributed by atoms with E-state index in [1.807, 2.05) is 11.5 Å². The molecule has 2 heterocycles. The Kier molecular flexibility index (Phi) is 5.36. The molecule has 3 aromatic rings. The van der Waals surface area contributed by atoms with Crippen LogP contribution in [0.25, 0.3) is 11.6 Å². The van der Waals surface area contributed by atoms with Crippen molar-refractivity contribution >= 4 is 23.4 Å². The van der Waals surface area contributed by atoms with Crippen LogP contribution in [-0.4, -0.2) is 25.9 Å². The summed E-state index contributed by atoms with van der Waals surface area (Å²) >= 11 is 1.19. The lowest BCUT2D eigenvalue weighted by atomic mass is 10.3. The van der Waals surface area contributed by atoms with E-state index in [9.17, 15) is 13.6 Å². The Bertz CT molecular complexity index is 912. The molecule has 0 aliphatic heterocycles. The average molecular weight is 378 g/mol. The molecule has 136 valence electrons. The van der Waals surface area contributed by atoms with E-state index in [1.54, 1.807) is 25.3 Å². The number of rotatable bonds is 6. The van der Waals surface area contributed by atoms with Crippen LogP contribution in [0.5, 0.6) is 0 Å². The smallest absolute Gasteiger partial charge is 0.237 e. The predicted octanol–water partition coefficient (Wildman–Crippen LogP) is 3.96. The van der Waals surface area contributed by atoms with Gasteiger partial charge < -0.3 is 9.73 Å². The highest BCUT2D eigenvalue weighted by molar-refractivity contribution is 8.00. The molecule has 9 heteroatoms. The first-order valence-corrected chi connectivity index (χ1v) is 8.77. The molecule has 0 fully saturated rings. The van der Waals surface area contributed by atoms with Gasteiger partial charge in [0.2, 0.25) is 5.91 Å². The van der Waals surface area contributed by atoms with Crippen LogP contribution in [0.4, 0.5) is 14.5 Å². The summed E-state index contributed by atoms with van der Waals surface area (Å²) in [5, 5.41) is 10.7. The van der Waals surface area contributed by atoms with Crippen LogP contribution in [0, 0.1) is 11.6 Å².